The summed E-state index contributed by atoms with van der Waals surface area (Å²) < 4.78 is 3.59. The number of hydrogen-bond donors (Lipinski definition) is 1. The molecule has 170 valence electrons. The summed E-state index contributed by atoms with van der Waals surface area (Å²) in [5.74, 6) is -0.160. The third-order valence-corrected chi connectivity index (χ3v) is 6.11. The Balaban J connectivity index is 1.49. The van der Waals surface area contributed by atoms with Crippen LogP contribution in [0, 0.1) is 0 Å². The molecule has 2 aromatic carbocycles. The van der Waals surface area contributed by atoms with Gasteiger partial charge in [-0.25, -0.2) is 0 Å². The van der Waals surface area contributed by atoms with Gasteiger partial charge in [0.1, 0.15) is 5.69 Å². The SMILES string of the molecule is CN(C(=O)c1ccc2c(cnn2C)c1)[C@H](CCNC(=O)c1cccn1C)Cc1ccccc1. The molecule has 4 rings (SSSR count). The number of aryl methyl sites for hydroxylation is 2. The lowest BCUT2D eigenvalue weighted by atomic mass is 10.0. The fraction of sp³-hybridized carbons (Fsp3) is 0.269. The van der Waals surface area contributed by atoms with E-state index < -0.39 is 0 Å². The van der Waals surface area contributed by atoms with E-state index in [2.05, 4.69) is 22.5 Å². The Morgan fingerprint density at radius 1 is 1.06 bits per heavy atom. The van der Waals surface area contributed by atoms with Gasteiger partial charge in [-0.3, -0.25) is 14.3 Å². The summed E-state index contributed by atoms with van der Waals surface area (Å²) in [7, 11) is 5.57. The van der Waals surface area contributed by atoms with Crippen molar-refractivity contribution in [3.05, 3.63) is 89.9 Å². The second kappa shape index (κ2) is 9.73. The highest BCUT2D eigenvalue weighted by Gasteiger charge is 2.22. The maximum Gasteiger partial charge on any atom is 0.267 e. The normalized spacial score (nSPS) is 12.0. The predicted octanol–water partition coefficient (Wildman–Crippen LogP) is 3.42. The third kappa shape index (κ3) is 4.98. The summed E-state index contributed by atoms with van der Waals surface area (Å²) in [6, 6.07) is 19.3. The zero-order chi connectivity index (χ0) is 23.4. The molecule has 0 unspecified atom stereocenters. The van der Waals surface area contributed by atoms with Crippen molar-refractivity contribution in [2.75, 3.05) is 13.6 Å². The molecule has 33 heavy (non-hydrogen) atoms. The molecule has 0 saturated carbocycles. The molecule has 7 heteroatoms. The summed E-state index contributed by atoms with van der Waals surface area (Å²) in [6.07, 6.45) is 4.96. The molecule has 7 nitrogen and oxygen atoms in total. The lowest BCUT2D eigenvalue weighted by Gasteiger charge is -2.29. The van der Waals surface area contributed by atoms with Gasteiger partial charge in [0.15, 0.2) is 0 Å². The molecular formula is C26H29N5O2. The van der Waals surface area contributed by atoms with Crippen molar-refractivity contribution >= 4 is 22.7 Å². The minimum atomic E-state index is -0.114. The zero-order valence-corrected chi connectivity index (χ0v) is 19.2. The summed E-state index contributed by atoms with van der Waals surface area (Å²) >= 11 is 0. The van der Waals surface area contributed by atoms with Gasteiger partial charge in [-0.15, -0.1) is 0 Å². The Kier molecular flexibility index (Phi) is 6.58. The maximum atomic E-state index is 13.4. The molecule has 1 N–H and O–H groups in total. The molecule has 0 fully saturated rings. The standard InChI is InChI=1S/C26H29N5O2/c1-29-15-7-10-24(29)25(32)27-14-13-22(16-19-8-5-4-6-9-19)30(2)26(33)20-11-12-23-21(17-20)18-28-31(23)3/h4-12,15,17-18,22H,13-14,16H2,1-3H3,(H,27,32)/t22-/m1/s1. The highest BCUT2D eigenvalue weighted by molar-refractivity contribution is 5.98. The van der Waals surface area contributed by atoms with Gasteiger partial charge in [0.05, 0.1) is 11.7 Å². The molecule has 1 atom stereocenters. The quantitative estimate of drug-likeness (QED) is 0.454. The number of nitrogens with zero attached hydrogens (tertiary/aromatic N) is 4. The summed E-state index contributed by atoms with van der Waals surface area (Å²) in [6.45, 7) is 0.473. The van der Waals surface area contributed by atoms with E-state index in [1.807, 2.05) is 69.8 Å². The summed E-state index contributed by atoms with van der Waals surface area (Å²) in [5.41, 5.74) is 3.38. The van der Waals surface area contributed by atoms with Crippen molar-refractivity contribution in [3.8, 4) is 0 Å². The van der Waals surface area contributed by atoms with E-state index in [1.165, 1.54) is 0 Å². The van der Waals surface area contributed by atoms with Crippen LogP contribution in [0.4, 0.5) is 0 Å². The van der Waals surface area contributed by atoms with E-state index in [0.29, 0.717) is 30.6 Å². The molecule has 4 aromatic rings. The van der Waals surface area contributed by atoms with Crippen molar-refractivity contribution in [1.82, 2.24) is 24.6 Å². The van der Waals surface area contributed by atoms with Crippen molar-refractivity contribution in [3.63, 3.8) is 0 Å². The van der Waals surface area contributed by atoms with Crippen LogP contribution in [-0.4, -0.2) is 50.7 Å². The molecule has 0 aliphatic heterocycles. The minimum absolute atomic E-state index is 0.0459. The van der Waals surface area contributed by atoms with Crippen LogP contribution in [0.2, 0.25) is 0 Å². The number of nitrogens with one attached hydrogen (secondary N) is 1. The van der Waals surface area contributed by atoms with Gasteiger partial charge in [0.2, 0.25) is 0 Å². The number of rotatable bonds is 8. The lowest BCUT2D eigenvalue weighted by molar-refractivity contribution is 0.0723. The number of benzene rings is 2. The first-order chi connectivity index (χ1) is 15.9. The Morgan fingerprint density at radius 3 is 2.58 bits per heavy atom. The van der Waals surface area contributed by atoms with Crippen molar-refractivity contribution in [1.29, 1.82) is 0 Å². The number of fused-ring (bicyclic) bond motifs is 1. The first-order valence-electron chi connectivity index (χ1n) is 11.1. The van der Waals surface area contributed by atoms with Gasteiger partial charge in [-0.1, -0.05) is 30.3 Å². The van der Waals surface area contributed by atoms with Crippen LogP contribution in [0.15, 0.2) is 73.1 Å². The largest absolute Gasteiger partial charge is 0.351 e. The highest BCUT2D eigenvalue weighted by atomic mass is 16.2. The Labute approximate surface area is 193 Å². The monoisotopic (exact) mass is 443 g/mol. The average molecular weight is 444 g/mol. The van der Waals surface area contributed by atoms with Crippen LogP contribution < -0.4 is 5.32 Å². The number of hydrogen-bond acceptors (Lipinski definition) is 3. The smallest absolute Gasteiger partial charge is 0.267 e. The third-order valence-electron chi connectivity index (χ3n) is 6.11. The van der Waals surface area contributed by atoms with Gasteiger partial charge in [0.25, 0.3) is 11.8 Å². The molecule has 0 bridgehead atoms. The highest BCUT2D eigenvalue weighted by Crippen LogP contribution is 2.19. The van der Waals surface area contributed by atoms with Crippen LogP contribution in [0.3, 0.4) is 0 Å². The minimum Gasteiger partial charge on any atom is -0.351 e. The second-order valence-electron chi connectivity index (χ2n) is 8.35. The van der Waals surface area contributed by atoms with Crippen molar-refractivity contribution in [2.24, 2.45) is 14.1 Å². The molecule has 2 heterocycles. The number of amides is 2. The topological polar surface area (TPSA) is 72.2 Å². The second-order valence-corrected chi connectivity index (χ2v) is 8.35. The molecule has 2 aromatic heterocycles. The number of carbonyl (C=O) groups is 2. The van der Waals surface area contributed by atoms with Crippen LogP contribution in [0.5, 0.6) is 0 Å². The Hall–Kier alpha value is -3.87. The zero-order valence-electron chi connectivity index (χ0n) is 19.2. The van der Waals surface area contributed by atoms with Gasteiger partial charge >= 0.3 is 0 Å². The van der Waals surface area contributed by atoms with E-state index >= 15 is 0 Å². The van der Waals surface area contributed by atoms with Crippen LogP contribution in [0.25, 0.3) is 10.9 Å². The fourth-order valence-corrected chi connectivity index (χ4v) is 4.12. The first kappa shape index (κ1) is 22.3. The summed E-state index contributed by atoms with van der Waals surface area (Å²) in [4.78, 5) is 27.7. The van der Waals surface area contributed by atoms with Gasteiger partial charge in [-0.2, -0.15) is 5.10 Å². The van der Waals surface area contributed by atoms with Crippen molar-refractivity contribution < 1.29 is 9.59 Å². The Morgan fingerprint density at radius 2 is 1.85 bits per heavy atom. The first-order valence-corrected chi connectivity index (χ1v) is 11.1. The van der Waals surface area contributed by atoms with E-state index in [0.717, 1.165) is 16.5 Å². The van der Waals surface area contributed by atoms with E-state index in [-0.39, 0.29) is 17.9 Å². The van der Waals surface area contributed by atoms with Crippen LogP contribution in [-0.2, 0) is 20.5 Å². The summed E-state index contributed by atoms with van der Waals surface area (Å²) in [5, 5.41) is 8.20. The maximum absolute atomic E-state index is 13.4. The van der Waals surface area contributed by atoms with Crippen LogP contribution >= 0.6 is 0 Å². The van der Waals surface area contributed by atoms with Gasteiger partial charge in [-0.05, 0) is 48.7 Å². The lowest BCUT2D eigenvalue weighted by Crippen LogP contribution is -2.41. The molecular weight excluding hydrogens is 414 g/mol. The Bertz CT molecular complexity index is 1260. The predicted molar refractivity (Wildman–Crippen MR) is 129 cm³/mol. The molecule has 2 amide bonds. The van der Waals surface area contributed by atoms with Gasteiger partial charge < -0.3 is 14.8 Å². The van der Waals surface area contributed by atoms with Gasteiger partial charge in [0, 0.05) is 50.9 Å². The number of likely N-dealkylation sites (N-methyl/N-ethyl adjacent to an activating group) is 1. The molecule has 0 saturated heterocycles. The number of aromatic nitrogens is 3. The van der Waals surface area contributed by atoms with Crippen LogP contribution in [0.1, 0.15) is 32.8 Å². The van der Waals surface area contributed by atoms with E-state index in [4.69, 9.17) is 0 Å². The van der Waals surface area contributed by atoms with E-state index in [9.17, 15) is 9.59 Å². The molecule has 0 spiro atoms. The average Bonchev–Trinajstić information content (AvgIpc) is 3.43. The molecule has 0 radical (unpaired) electrons. The molecule has 0 aliphatic carbocycles. The fourth-order valence-electron chi connectivity index (χ4n) is 4.12. The number of carbonyl (C=O) groups excluding carboxylic acids is 2. The van der Waals surface area contributed by atoms with Crippen molar-refractivity contribution in [2.45, 2.75) is 18.9 Å². The molecule has 0 aliphatic rings. The van der Waals surface area contributed by atoms with E-state index in [1.54, 1.807) is 26.4 Å².